The molecule has 0 saturated carbocycles. The number of phenolic OH excluding ortho intramolecular Hbond substituents is 1. The molecule has 0 amide bonds. The van der Waals surface area contributed by atoms with Crippen molar-refractivity contribution in [3.05, 3.63) is 210 Å². The van der Waals surface area contributed by atoms with E-state index in [-0.39, 0.29) is 50.8 Å². The van der Waals surface area contributed by atoms with E-state index < -0.39 is 0 Å². The molecule has 5 heteroatoms. The smallest absolute Gasteiger partial charge is 0.148 e. The van der Waals surface area contributed by atoms with Crippen LogP contribution < -0.4 is 10.4 Å². The first-order valence-corrected chi connectivity index (χ1v) is 21.7. The number of para-hydroxylation sites is 1. The Morgan fingerprint density at radius 1 is 0.631 bits per heavy atom. The van der Waals surface area contributed by atoms with Crippen LogP contribution >= 0.6 is 0 Å². The molecule has 1 N–H and O–H groups in total. The van der Waals surface area contributed by atoms with Gasteiger partial charge in [0, 0.05) is 32.2 Å². The Bertz CT molecular complexity index is 3330. The van der Waals surface area contributed by atoms with Gasteiger partial charge in [0.25, 0.3) is 0 Å². The van der Waals surface area contributed by atoms with Crippen molar-refractivity contribution in [2.75, 3.05) is 0 Å². The molecule has 0 atom stereocenters. The number of phenols is 1. The van der Waals surface area contributed by atoms with Crippen LogP contribution in [-0.2, 0) is 31.9 Å². The van der Waals surface area contributed by atoms with Crippen LogP contribution in [0, 0.1) is 13.5 Å². The van der Waals surface area contributed by atoms with Gasteiger partial charge in [0.2, 0.25) is 0 Å². The molecule has 0 unspecified atom stereocenters. The fourth-order valence-electron chi connectivity index (χ4n) is 8.65. The number of aromatic hydroxyl groups is 1. The summed E-state index contributed by atoms with van der Waals surface area (Å²) in [6, 6.07) is 60.1. The molecule has 0 bridgehead atoms. The molecule has 9 aromatic rings. The van der Waals surface area contributed by atoms with E-state index in [0.717, 1.165) is 82.4 Å². The van der Waals surface area contributed by atoms with Gasteiger partial charge in [0.1, 0.15) is 11.6 Å². The minimum absolute atomic E-state index is 0. The van der Waals surface area contributed by atoms with Gasteiger partial charge in [0.15, 0.2) is 0 Å². The number of aromatic nitrogens is 2. The van der Waals surface area contributed by atoms with Gasteiger partial charge in [-0.2, -0.15) is 0 Å². The van der Waals surface area contributed by atoms with Gasteiger partial charge < -0.3 is 17.9 Å². The molecular weight excluding hydrogens is 974 g/mol. The van der Waals surface area contributed by atoms with Crippen LogP contribution in [0.25, 0.3) is 89.8 Å². The van der Waals surface area contributed by atoms with Crippen molar-refractivity contribution in [1.29, 1.82) is 0 Å². The van der Waals surface area contributed by atoms with E-state index in [1.807, 2.05) is 73.7 Å². The van der Waals surface area contributed by atoms with Crippen LogP contribution in [0.3, 0.4) is 0 Å². The Kier molecular flexibility index (Phi) is 13.2. The van der Waals surface area contributed by atoms with Crippen molar-refractivity contribution in [2.45, 2.75) is 59.3 Å². The summed E-state index contributed by atoms with van der Waals surface area (Å²) in [5.74, 6) is 0.848. The van der Waals surface area contributed by atoms with Crippen LogP contribution in [0.1, 0.15) is 65.2 Å². The van der Waals surface area contributed by atoms with Crippen LogP contribution in [-0.4, -0.2) is 20.4 Å². The first-order chi connectivity index (χ1) is 30.3. The minimum Gasteiger partial charge on any atom is -0.845 e. The van der Waals surface area contributed by atoms with Gasteiger partial charge in [-0.15, -0.1) is 29.3 Å². The van der Waals surface area contributed by atoms with Crippen molar-refractivity contribution in [3.63, 3.8) is 0 Å². The number of nitrogens with zero attached hydrogens (tertiary/aromatic N) is 3. The summed E-state index contributed by atoms with van der Waals surface area (Å²) in [6.45, 7) is 15.1. The van der Waals surface area contributed by atoms with Gasteiger partial charge in [0.05, 0.1) is 22.3 Å². The predicted molar refractivity (Wildman–Crippen MR) is 272 cm³/mol. The Morgan fingerprint density at radius 3 is 1.95 bits per heavy atom. The maximum atomic E-state index is 12.5. The molecule has 0 spiro atoms. The first-order valence-electron chi connectivity index (χ1n) is 21.7. The molecule has 4 nitrogen and oxygen atoms in total. The van der Waals surface area contributed by atoms with Gasteiger partial charge in [-0.25, -0.2) is 10.7 Å². The van der Waals surface area contributed by atoms with Gasteiger partial charge in [-0.3, -0.25) is 4.57 Å². The fraction of sp³-hybridized carbons (Fsp3) is 0.150. The fourth-order valence-corrected chi connectivity index (χ4v) is 8.65. The second kappa shape index (κ2) is 18.5. The van der Waals surface area contributed by atoms with E-state index in [9.17, 15) is 10.5 Å². The van der Waals surface area contributed by atoms with Crippen molar-refractivity contribution in [1.82, 2.24) is 9.55 Å². The van der Waals surface area contributed by atoms with Crippen molar-refractivity contribution in [2.24, 2.45) is 0 Å². The van der Waals surface area contributed by atoms with E-state index in [2.05, 4.69) is 161 Å². The first kappa shape index (κ1) is 46.4. The third kappa shape index (κ3) is 8.93. The number of rotatable bonds is 7. The average molecular weight is 1030 g/mol. The molecule has 0 radical (unpaired) electrons. The van der Waals surface area contributed by atoms with E-state index in [1.54, 1.807) is 0 Å². The van der Waals surface area contributed by atoms with E-state index in [1.165, 1.54) is 0 Å². The molecule has 65 heavy (non-hydrogen) atoms. The van der Waals surface area contributed by atoms with Crippen LogP contribution in [0.5, 0.6) is 5.75 Å². The monoisotopic (exact) mass is 1030 g/mol. The topological polar surface area (TPSA) is 60.4 Å². The summed E-state index contributed by atoms with van der Waals surface area (Å²) in [5.41, 5.74) is 11.4. The normalized spacial score (nSPS) is 12.3. The number of imidazole rings is 1. The molecule has 1 heterocycles. The molecular formula is C60H54N3OPt-3. The van der Waals surface area contributed by atoms with Gasteiger partial charge in [-0.05, 0) is 74.7 Å². The molecule has 0 aliphatic carbocycles. The molecule has 1 aromatic heterocycles. The van der Waals surface area contributed by atoms with Crippen molar-refractivity contribution in [3.8, 4) is 56.2 Å². The summed E-state index contributed by atoms with van der Waals surface area (Å²) in [6.07, 6.45) is 3.86. The summed E-state index contributed by atoms with van der Waals surface area (Å²) < 4.78 is 2.23. The van der Waals surface area contributed by atoms with Gasteiger partial charge >= 0.3 is 0 Å². The van der Waals surface area contributed by atoms with E-state index >= 15 is 0 Å². The molecule has 0 fully saturated rings. The minimum atomic E-state index is -0.353. The molecule has 0 saturated heterocycles. The molecule has 9 rings (SSSR count). The molecule has 0 aliphatic rings. The largest absolute Gasteiger partial charge is 0.845 e. The molecule has 8 aromatic carbocycles. The van der Waals surface area contributed by atoms with Gasteiger partial charge in [-0.1, -0.05) is 197 Å². The van der Waals surface area contributed by atoms with Crippen molar-refractivity contribution >= 4 is 39.7 Å². The Labute approximate surface area is 398 Å². The molecule has 328 valence electrons. The Balaban J connectivity index is 0.00000315. The van der Waals surface area contributed by atoms with Crippen LogP contribution in [0.2, 0.25) is 0 Å². The second-order valence-electron chi connectivity index (χ2n) is 18.4. The Morgan fingerprint density at radius 2 is 1.28 bits per heavy atom. The number of fused-ring (bicyclic) bond motifs is 2. The summed E-state index contributed by atoms with van der Waals surface area (Å²) in [4.78, 5) is 5.63. The third-order valence-corrected chi connectivity index (χ3v) is 12.1. The maximum Gasteiger partial charge on any atom is 0.148 e. The zero-order valence-electron chi connectivity index (χ0n) is 38.3. The Hall–Kier alpha value is -6.61. The summed E-state index contributed by atoms with van der Waals surface area (Å²) in [7, 11) is 0. The SMILES string of the molecule is C/C=c1/cccc/c1=C/C(=[N-])c1[c-]c(-c2cccc3c2nc(-c2cc(C(C)(C)C)cc(C(C)(C)C)c2O)n3-c2ccc(-c3ccccc3)cc2-c2ccccc2)c2ccccc2c1.[CH3-].[Pt]. The quantitative estimate of drug-likeness (QED) is 0.128. The number of hydrogen-bond acceptors (Lipinski definition) is 2. The van der Waals surface area contributed by atoms with Crippen LogP contribution in [0.4, 0.5) is 0 Å². The second-order valence-corrected chi connectivity index (χ2v) is 18.4. The average Bonchev–Trinajstić information content (AvgIpc) is 3.68. The number of hydrogen-bond donors (Lipinski definition) is 1. The van der Waals surface area contributed by atoms with Crippen LogP contribution in [0.15, 0.2) is 164 Å². The van der Waals surface area contributed by atoms with Crippen molar-refractivity contribution < 1.29 is 26.2 Å². The summed E-state index contributed by atoms with van der Waals surface area (Å²) in [5, 5.41) is 28.3. The predicted octanol–water partition coefficient (Wildman–Crippen LogP) is 14.0. The number of benzene rings is 8. The van der Waals surface area contributed by atoms with E-state index in [0.29, 0.717) is 17.0 Å². The standard InChI is InChI=1S/C59H51N3O.CH3.Pt/c1-8-38-20-15-16-25-41(38)35-52(60)44-32-43-26-17-18-27-46(43)49(34-44)47-28-19-29-54-55(47)61-57(50-36-45(58(2,3)4)37-51(56(50)63)59(5,6)7)62(54)53-31-30-42(39-21-11-9-12-22-39)33-48(53)40-23-13-10-14-24-40;;/h8-33,35-37,63H,1-7H3;1H3;/q-2;-1;/b38-8-,41-35-;;. The maximum absolute atomic E-state index is 12.5. The summed E-state index contributed by atoms with van der Waals surface area (Å²) >= 11 is 0. The van der Waals surface area contributed by atoms with E-state index in [4.69, 9.17) is 4.98 Å². The molecule has 0 aliphatic heterocycles. The third-order valence-electron chi connectivity index (χ3n) is 12.1. The zero-order chi connectivity index (χ0) is 44.0. The zero-order valence-corrected chi connectivity index (χ0v) is 40.6.